The third kappa shape index (κ3) is 2.95. The Balaban J connectivity index is 2.11. The van der Waals surface area contributed by atoms with Crippen LogP contribution in [0.3, 0.4) is 0 Å². The maximum atomic E-state index is 12.6. The number of carboxylic acid groups (broad SMARTS) is 1. The van der Waals surface area contributed by atoms with Gasteiger partial charge in [-0.15, -0.1) is 0 Å². The van der Waals surface area contributed by atoms with E-state index in [1.165, 1.54) is 0 Å². The molecular formula is C17H20N4O4. The Morgan fingerprint density at radius 3 is 2.76 bits per heavy atom. The summed E-state index contributed by atoms with van der Waals surface area (Å²) in [6, 6.07) is 3.47. The minimum absolute atomic E-state index is 0.0486. The summed E-state index contributed by atoms with van der Waals surface area (Å²) >= 11 is 0. The van der Waals surface area contributed by atoms with Gasteiger partial charge in [-0.2, -0.15) is 4.98 Å². The molecule has 0 aliphatic rings. The number of hydrogen-bond donors (Lipinski definition) is 1. The molecule has 0 bridgehead atoms. The van der Waals surface area contributed by atoms with Crippen LogP contribution in [0.2, 0.25) is 0 Å². The van der Waals surface area contributed by atoms with E-state index in [0.29, 0.717) is 41.1 Å². The fourth-order valence-corrected chi connectivity index (χ4v) is 2.90. The van der Waals surface area contributed by atoms with Gasteiger partial charge in [0.25, 0.3) is 5.56 Å². The number of carboxylic acids is 1. The highest BCUT2D eigenvalue weighted by atomic mass is 16.5. The Labute approximate surface area is 143 Å². The van der Waals surface area contributed by atoms with Crippen LogP contribution in [0.15, 0.2) is 16.9 Å². The van der Waals surface area contributed by atoms with Gasteiger partial charge in [-0.25, -0.2) is 4.98 Å². The quantitative estimate of drug-likeness (QED) is 0.683. The summed E-state index contributed by atoms with van der Waals surface area (Å²) in [6.45, 7) is 4.06. The zero-order valence-corrected chi connectivity index (χ0v) is 14.4. The largest absolute Gasteiger partial charge is 0.481 e. The second kappa shape index (κ2) is 6.54. The molecule has 0 aromatic carbocycles. The molecule has 0 radical (unpaired) electrons. The van der Waals surface area contributed by atoms with E-state index in [9.17, 15) is 9.59 Å². The molecule has 0 amide bonds. The number of aromatic nitrogens is 4. The maximum Gasteiger partial charge on any atom is 0.303 e. The van der Waals surface area contributed by atoms with E-state index in [-0.39, 0.29) is 18.6 Å². The van der Waals surface area contributed by atoms with Crippen molar-refractivity contribution in [1.29, 1.82) is 0 Å². The molecular weight excluding hydrogens is 324 g/mol. The zero-order valence-electron chi connectivity index (χ0n) is 14.4. The van der Waals surface area contributed by atoms with Crippen molar-refractivity contribution in [1.82, 2.24) is 18.9 Å². The van der Waals surface area contributed by atoms with Crippen molar-refractivity contribution in [3.8, 4) is 5.88 Å². The van der Waals surface area contributed by atoms with Gasteiger partial charge in [-0.1, -0.05) is 6.92 Å². The molecule has 1 N–H and O–H groups in total. The van der Waals surface area contributed by atoms with Crippen LogP contribution < -0.4 is 10.3 Å². The molecule has 132 valence electrons. The lowest BCUT2D eigenvalue weighted by molar-refractivity contribution is -0.137. The zero-order chi connectivity index (χ0) is 18.1. The molecule has 3 aromatic heterocycles. The molecule has 0 unspecified atom stereocenters. The molecule has 3 rings (SSSR count). The third-order valence-corrected chi connectivity index (χ3v) is 4.13. The van der Waals surface area contributed by atoms with Crippen molar-refractivity contribution in [3.05, 3.63) is 34.0 Å². The molecule has 0 saturated carbocycles. The number of aliphatic carboxylic acids is 1. The topological polar surface area (TPSA) is 98.7 Å². The number of ether oxygens (including phenoxy) is 1. The van der Waals surface area contributed by atoms with Gasteiger partial charge in [-0.05, 0) is 19.4 Å². The molecule has 0 spiro atoms. The molecule has 3 aromatic rings. The molecule has 0 saturated heterocycles. The van der Waals surface area contributed by atoms with E-state index < -0.39 is 5.97 Å². The van der Waals surface area contributed by atoms with E-state index in [1.807, 2.05) is 13.8 Å². The minimum atomic E-state index is -0.853. The number of fused-ring (bicyclic) bond motifs is 3. The lowest BCUT2D eigenvalue weighted by Gasteiger charge is -2.11. The second-order valence-electron chi connectivity index (χ2n) is 5.85. The fourth-order valence-electron chi connectivity index (χ4n) is 2.90. The van der Waals surface area contributed by atoms with Gasteiger partial charge in [0.05, 0.1) is 17.8 Å². The first kappa shape index (κ1) is 16.9. The summed E-state index contributed by atoms with van der Waals surface area (Å²) in [6.07, 6.45) is 1.12. The SMILES string of the molecule is CCc1nc(C)c2c(=O)n(C)c3ccc(OCCCC(=O)O)nc3n12. The lowest BCUT2D eigenvalue weighted by Crippen LogP contribution is -2.21. The number of rotatable bonds is 6. The van der Waals surface area contributed by atoms with Crippen LogP contribution in [0.25, 0.3) is 16.7 Å². The summed E-state index contributed by atoms with van der Waals surface area (Å²) in [5, 5.41) is 8.67. The summed E-state index contributed by atoms with van der Waals surface area (Å²) < 4.78 is 8.91. The van der Waals surface area contributed by atoms with E-state index in [4.69, 9.17) is 9.84 Å². The van der Waals surface area contributed by atoms with Gasteiger partial charge in [0, 0.05) is 26.0 Å². The molecule has 25 heavy (non-hydrogen) atoms. The third-order valence-electron chi connectivity index (χ3n) is 4.13. The second-order valence-corrected chi connectivity index (χ2v) is 5.85. The van der Waals surface area contributed by atoms with Crippen molar-refractivity contribution in [2.75, 3.05) is 6.61 Å². The first-order chi connectivity index (χ1) is 11.9. The highest BCUT2D eigenvalue weighted by Crippen LogP contribution is 2.20. The lowest BCUT2D eigenvalue weighted by atomic mass is 10.3. The van der Waals surface area contributed by atoms with Crippen LogP contribution in [-0.2, 0) is 18.3 Å². The van der Waals surface area contributed by atoms with E-state index in [1.54, 1.807) is 28.1 Å². The van der Waals surface area contributed by atoms with Gasteiger partial charge in [0.2, 0.25) is 5.88 Å². The maximum absolute atomic E-state index is 12.6. The van der Waals surface area contributed by atoms with Crippen molar-refractivity contribution in [2.24, 2.45) is 7.05 Å². The predicted octanol–water partition coefficient (Wildman–Crippen LogP) is 1.70. The Hall–Kier alpha value is -2.90. The smallest absolute Gasteiger partial charge is 0.303 e. The fraction of sp³-hybridized carbons (Fsp3) is 0.412. The van der Waals surface area contributed by atoms with Crippen LogP contribution in [0, 0.1) is 6.92 Å². The highest BCUT2D eigenvalue weighted by Gasteiger charge is 2.17. The predicted molar refractivity (Wildman–Crippen MR) is 92.2 cm³/mol. The molecule has 0 aliphatic carbocycles. The average molecular weight is 344 g/mol. The minimum Gasteiger partial charge on any atom is -0.481 e. The van der Waals surface area contributed by atoms with E-state index in [0.717, 1.165) is 5.82 Å². The molecule has 0 aliphatic heterocycles. The number of aryl methyl sites for hydroxylation is 3. The molecule has 0 fully saturated rings. The number of hydrogen-bond acceptors (Lipinski definition) is 5. The van der Waals surface area contributed by atoms with Crippen molar-refractivity contribution in [3.63, 3.8) is 0 Å². The number of pyridine rings is 1. The Kier molecular flexibility index (Phi) is 4.43. The molecule has 0 atom stereocenters. The first-order valence-electron chi connectivity index (χ1n) is 8.16. The van der Waals surface area contributed by atoms with Crippen LogP contribution in [0.5, 0.6) is 5.88 Å². The summed E-state index contributed by atoms with van der Waals surface area (Å²) in [5.74, 6) is 0.310. The van der Waals surface area contributed by atoms with Crippen molar-refractivity contribution >= 4 is 22.6 Å². The van der Waals surface area contributed by atoms with Crippen LogP contribution >= 0.6 is 0 Å². The van der Waals surface area contributed by atoms with Gasteiger partial charge >= 0.3 is 5.97 Å². The molecule has 8 heteroatoms. The monoisotopic (exact) mass is 344 g/mol. The Morgan fingerprint density at radius 1 is 1.32 bits per heavy atom. The summed E-state index contributed by atoms with van der Waals surface area (Å²) in [7, 11) is 1.71. The van der Waals surface area contributed by atoms with Crippen LogP contribution in [0.4, 0.5) is 0 Å². The normalized spacial score (nSPS) is 11.3. The van der Waals surface area contributed by atoms with Gasteiger partial charge in [0.1, 0.15) is 11.3 Å². The highest BCUT2D eigenvalue weighted by molar-refractivity contribution is 5.76. The van der Waals surface area contributed by atoms with E-state index in [2.05, 4.69) is 9.97 Å². The number of imidazole rings is 1. The Morgan fingerprint density at radius 2 is 2.08 bits per heavy atom. The number of carbonyl (C=O) groups is 1. The molecule has 3 heterocycles. The van der Waals surface area contributed by atoms with Crippen LogP contribution in [-0.4, -0.2) is 36.6 Å². The standard InChI is InChI=1S/C17H20N4O4/c1-4-12-18-10(2)15-17(24)20(3)11-7-8-13(19-16(11)21(12)15)25-9-5-6-14(22)23/h7-8H,4-6,9H2,1-3H3,(H,22,23). The average Bonchev–Trinajstić information content (AvgIpc) is 2.93. The van der Waals surface area contributed by atoms with Gasteiger partial charge in [0.15, 0.2) is 5.65 Å². The van der Waals surface area contributed by atoms with E-state index >= 15 is 0 Å². The van der Waals surface area contributed by atoms with Gasteiger partial charge < -0.3 is 14.4 Å². The molecule has 8 nitrogen and oxygen atoms in total. The summed E-state index contributed by atoms with van der Waals surface area (Å²) in [5.41, 5.74) is 2.36. The Bertz CT molecular complexity index is 1020. The van der Waals surface area contributed by atoms with Crippen molar-refractivity contribution < 1.29 is 14.6 Å². The summed E-state index contributed by atoms with van der Waals surface area (Å²) in [4.78, 5) is 32.2. The van der Waals surface area contributed by atoms with Gasteiger partial charge in [-0.3, -0.25) is 14.0 Å². The van der Waals surface area contributed by atoms with Crippen molar-refractivity contribution in [2.45, 2.75) is 33.1 Å². The first-order valence-corrected chi connectivity index (χ1v) is 8.16. The number of nitrogens with zero attached hydrogens (tertiary/aromatic N) is 4. The van der Waals surface area contributed by atoms with Crippen LogP contribution in [0.1, 0.15) is 31.3 Å².